The number of halogens is 1. The first-order valence-electron chi connectivity index (χ1n) is 17.3. The average molecular weight is 782 g/mol. The SMILES string of the molecule is COc1ccc(CC[C@@H](OC(=O)[C@@H]2CCCCN2C(=O)[C@H](c2cc(OC)c(OC)c(OC)c2)c2ccc(Cl)s2)c2cccc(OCC(=O)O)c2)cc1OC. The number of piperidine rings is 1. The van der Waals surface area contributed by atoms with Gasteiger partial charge in [-0.15, -0.1) is 11.3 Å². The summed E-state index contributed by atoms with van der Waals surface area (Å²) in [5.41, 5.74) is 2.12. The number of carboxylic acids is 1. The van der Waals surface area contributed by atoms with E-state index in [2.05, 4.69) is 0 Å². The van der Waals surface area contributed by atoms with Gasteiger partial charge in [-0.3, -0.25) is 4.79 Å². The van der Waals surface area contributed by atoms with Gasteiger partial charge >= 0.3 is 11.9 Å². The molecule has 1 aliphatic rings. The van der Waals surface area contributed by atoms with Crippen LogP contribution in [0.4, 0.5) is 0 Å². The standard InChI is InChI=1S/C40H44ClNO11S/c1-47-30-15-13-24(19-31(30)48-2)12-14-29(25-9-8-10-27(20-25)52-23-36(43)44)53-40(46)28-11-6-7-18-42(28)39(45)37(34-16-17-35(41)54-34)26-21-32(49-3)38(51-5)33(22-26)50-4/h8-10,13,15-17,19-22,28-29,37H,6-7,11-12,14,18,23H2,1-5H3,(H,43,44)/t28-,29+,37+/m0/s1. The van der Waals surface area contributed by atoms with Crippen LogP contribution in [0.5, 0.6) is 34.5 Å². The van der Waals surface area contributed by atoms with Crippen LogP contribution in [-0.2, 0) is 25.5 Å². The number of carbonyl (C=O) groups is 3. The van der Waals surface area contributed by atoms with Crippen LogP contribution in [0.2, 0.25) is 4.34 Å². The Bertz CT molecular complexity index is 1910. The molecule has 0 radical (unpaired) electrons. The Hall–Kier alpha value is -5.14. The summed E-state index contributed by atoms with van der Waals surface area (Å²) in [6.07, 6.45) is 1.93. The van der Waals surface area contributed by atoms with Gasteiger partial charge in [0.1, 0.15) is 17.9 Å². The lowest BCUT2D eigenvalue weighted by atomic mass is 9.92. The highest BCUT2D eigenvalue weighted by atomic mass is 35.5. The molecule has 0 bridgehead atoms. The number of amides is 1. The lowest BCUT2D eigenvalue weighted by Crippen LogP contribution is -2.50. The molecular weight excluding hydrogens is 738 g/mol. The van der Waals surface area contributed by atoms with E-state index in [1.807, 2.05) is 18.2 Å². The van der Waals surface area contributed by atoms with E-state index in [1.54, 1.807) is 67.7 Å². The fraction of sp³-hybridized carbons (Fsp3) is 0.375. The summed E-state index contributed by atoms with van der Waals surface area (Å²) in [4.78, 5) is 42.6. The number of thiophene rings is 1. The molecule has 4 aromatic rings. The number of esters is 1. The number of rotatable bonds is 17. The molecule has 2 heterocycles. The summed E-state index contributed by atoms with van der Waals surface area (Å²) in [5.74, 6) is -0.179. The Morgan fingerprint density at radius 3 is 2.19 bits per heavy atom. The molecule has 1 saturated heterocycles. The highest BCUT2D eigenvalue weighted by Gasteiger charge is 2.39. The predicted molar refractivity (Wildman–Crippen MR) is 203 cm³/mol. The molecule has 3 atom stereocenters. The Morgan fingerprint density at radius 2 is 1.56 bits per heavy atom. The number of aryl methyl sites for hydroxylation is 1. The number of nitrogens with zero attached hydrogens (tertiary/aromatic N) is 1. The molecule has 1 aliphatic heterocycles. The minimum Gasteiger partial charge on any atom is -0.493 e. The second-order valence-corrected chi connectivity index (χ2v) is 14.2. The fourth-order valence-corrected chi connectivity index (χ4v) is 7.76. The Balaban J connectivity index is 1.47. The van der Waals surface area contributed by atoms with E-state index in [9.17, 15) is 14.4 Å². The molecule has 0 aliphatic carbocycles. The van der Waals surface area contributed by atoms with Gasteiger partial charge in [0.05, 0.1) is 45.8 Å². The van der Waals surface area contributed by atoms with Crippen molar-refractivity contribution in [3.63, 3.8) is 0 Å². The van der Waals surface area contributed by atoms with Gasteiger partial charge in [-0.1, -0.05) is 29.8 Å². The second-order valence-electron chi connectivity index (χ2n) is 12.5. The van der Waals surface area contributed by atoms with Crippen molar-refractivity contribution in [2.75, 3.05) is 48.7 Å². The highest BCUT2D eigenvalue weighted by Crippen LogP contribution is 2.44. The molecule has 5 rings (SSSR count). The first-order valence-corrected chi connectivity index (χ1v) is 18.5. The maximum Gasteiger partial charge on any atom is 0.341 e. The fourth-order valence-electron chi connectivity index (χ4n) is 6.58. The number of carbonyl (C=O) groups excluding carboxylic acids is 2. The molecule has 1 fully saturated rings. The summed E-state index contributed by atoms with van der Waals surface area (Å²) in [6, 6.07) is 18.5. The number of hydrogen-bond donors (Lipinski definition) is 1. The molecule has 14 heteroatoms. The lowest BCUT2D eigenvalue weighted by Gasteiger charge is -2.37. The van der Waals surface area contributed by atoms with Crippen LogP contribution in [0.25, 0.3) is 0 Å². The highest BCUT2D eigenvalue weighted by molar-refractivity contribution is 7.16. The van der Waals surface area contributed by atoms with E-state index in [0.29, 0.717) is 87.1 Å². The zero-order chi connectivity index (χ0) is 38.8. The number of benzene rings is 3. The number of aliphatic carboxylic acids is 1. The molecule has 0 saturated carbocycles. The maximum absolute atomic E-state index is 14.8. The largest absolute Gasteiger partial charge is 0.493 e. The van der Waals surface area contributed by atoms with E-state index in [4.69, 9.17) is 49.9 Å². The third kappa shape index (κ3) is 9.50. The summed E-state index contributed by atoms with van der Waals surface area (Å²) >= 11 is 7.67. The van der Waals surface area contributed by atoms with E-state index >= 15 is 0 Å². The van der Waals surface area contributed by atoms with Crippen LogP contribution in [0, 0.1) is 0 Å². The van der Waals surface area contributed by atoms with Crippen molar-refractivity contribution in [3.05, 3.63) is 92.6 Å². The maximum atomic E-state index is 14.8. The van der Waals surface area contributed by atoms with Crippen LogP contribution in [0.15, 0.2) is 66.7 Å². The minimum absolute atomic E-state index is 0.296. The second kappa shape index (κ2) is 18.8. The first kappa shape index (κ1) is 40.1. The molecular formula is C40H44ClNO11S. The van der Waals surface area contributed by atoms with E-state index < -0.39 is 36.6 Å². The molecule has 0 spiro atoms. The number of methoxy groups -OCH3 is 5. The Morgan fingerprint density at radius 1 is 0.833 bits per heavy atom. The number of hydrogen-bond acceptors (Lipinski definition) is 11. The van der Waals surface area contributed by atoms with Crippen molar-refractivity contribution in [1.29, 1.82) is 0 Å². The van der Waals surface area contributed by atoms with Gasteiger partial charge < -0.3 is 43.2 Å². The van der Waals surface area contributed by atoms with E-state index in [1.165, 1.54) is 32.7 Å². The molecule has 1 aromatic heterocycles. The van der Waals surface area contributed by atoms with Crippen LogP contribution in [-0.4, -0.2) is 82.6 Å². The van der Waals surface area contributed by atoms with Crippen LogP contribution >= 0.6 is 22.9 Å². The van der Waals surface area contributed by atoms with Crippen LogP contribution < -0.4 is 28.4 Å². The normalized spacial score (nSPS) is 15.1. The topological polar surface area (TPSA) is 139 Å². The van der Waals surface area contributed by atoms with E-state index in [0.717, 1.165) is 12.0 Å². The number of ether oxygens (including phenoxy) is 7. The summed E-state index contributed by atoms with van der Waals surface area (Å²) in [5, 5.41) is 9.17. The van der Waals surface area contributed by atoms with Crippen molar-refractivity contribution >= 4 is 40.8 Å². The van der Waals surface area contributed by atoms with Gasteiger partial charge in [0.25, 0.3) is 0 Å². The number of likely N-dealkylation sites (tertiary alicyclic amines) is 1. The van der Waals surface area contributed by atoms with Crippen molar-refractivity contribution in [2.24, 2.45) is 0 Å². The molecule has 54 heavy (non-hydrogen) atoms. The van der Waals surface area contributed by atoms with Gasteiger partial charge in [0.15, 0.2) is 29.6 Å². The third-order valence-electron chi connectivity index (χ3n) is 9.20. The molecule has 1 N–H and O–H groups in total. The first-order chi connectivity index (χ1) is 26.1. The van der Waals surface area contributed by atoms with Gasteiger partial charge in [-0.05, 0) is 97.3 Å². The van der Waals surface area contributed by atoms with Crippen molar-refractivity contribution in [2.45, 2.75) is 50.2 Å². The quantitative estimate of drug-likeness (QED) is 0.108. The van der Waals surface area contributed by atoms with Gasteiger partial charge in [0, 0.05) is 11.4 Å². The van der Waals surface area contributed by atoms with Crippen LogP contribution in [0.3, 0.4) is 0 Å². The molecule has 3 aromatic carbocycles. The van der Waals surface area contributed by atoms with Crippen molar-refractivity contribution in [3.8, 4) is 34.5 Å². The zero-order valence-electron chi connectivity index (χ0n) is 30.8. The average Bonchev–Trinajstić information content (AvgIpc) is 3.62. The van der Waals surface area contributed by atoms with E-state index in [-0.39, 0.29) is 5.91 Å². The molecule has 0 unspecified atom stereocenters. The zero-order valence-corrected chi connectivity index (χ0v) is 32.4. The molecule has 1 amide bonds. The molecule has 12 nitrogen and oxygen atoms in total. The lowest BCUT2D eigenvalue weighted by molar-refractivity contribution is -0.162. The van der Waals surface area contributed by atoms with Gasteiger partial charge in [0.2, 0.25) is 11.7 Å². The van der Waals surface area contributed by atoms with Crippen molar-refractivity contribution < 1.29 is 52.6 Å². The van der Waals surface area contributed by atoms with Gasteiger partial charge in [-0.2, -0.15) is 0 Å². The van der Waals surface area contributed by atoms with Crippen LogP contribution in [0.1, 0.15) is 59.3 Å². The summed E-state index contributed by atoms with van der Waals surface area (Å²) in [6.45, 7) is -0.186. The minimum atomic E-state index is -1.12. The summed E-state index contributed by atoms with van der Waals surface area (Å²) in [7, 11) is 7.64. The summed E-state index contributed by atoms with van der Waals surface area (Å²) < 4.78 is 39.9. The Kier molecular flexibility index (Phi) is 13.9. The smallest absolute Gasteiger partial charge is 0.341 e. The third-order valence-corrected chi connectivity index (χ3v) is 10.5. The Labute approximate surface area is 323 Å². The predicted octanol–water partition coefficient (Wildman–Crippen LogP) is 7.34. The van der Waals surface area contributed by atoms with Crippen molar-refractivity contribution in [1.82, 2.24) is 4.90 Å². The molecule has 288 valence electrons. The number of carboxylic acid groups (broad SMARTS) is 1. The monoisotopic (exact) mass is 781 g/mol. The van der Waals surface area contributed by atoms with Gasteiger partial charge in [-0.25, -0.2) is 9.59 Å².